The first-order valence-electron chi connectivity index (χ1n) is 3.63. The molecule has 1 saturated carbocycles. The molecule has 0 aromatic heterocycles. The summed E-state index contributed by atoms with van der Waals surface area (Å²) in [6, 6.07) is 0. The summed E-state index contributed by atoms with van der Waals surface area (Å²) in [5, 5.41) is 2.65. The van der Waals surface area contributed by atoms with Crippen molar-refractivity contribution >= 4 is 17.2 Å². The van der Waals surface area contributed by atoms with Crippen LogP contribution in [0.15, 0.2) is 6.08 Å². The van der Waals surface area contributed by atoms with E-state index >= 15 is 0 Å². The number of hydrogen-bond donors (Lipinski definition) is 0. The van der Waals surface area contributed by atoms with Gasteiger partial charge in [0.15, 0.2) is 0 Å². The quantitative estimate of drug-likeness (QED) is 0.531. The molecule has 50 valence electrons. The Kier molecular flexibility index (Phi) is 2.96. The molecule has 9 heavy (non-hydrogen) atoms. The first kappa shape index (κ1) is 6.98. The van der Waals surface area contributed by atoms with Crippen LogP contribution in [0.1, 0.15) is 32.1 Å². The van der Waals surface area contributed by atoms with Crippen molar-refractivity contribution in [3.63, 3.8) is 0 Å². The van der Waals surface area contributed by atoms with Crippen LogP contribution < -0.4 is 0 Å². The molecule has 0 bridgehead atoms. The third kappa shape index (κ3) is 2.30. The highest BCUT2D eigenvalue weighted by Gasteiger charge is 2.12. The molecule has 0 heterocycles. The molecule has 0 saturated heterocycles. The van der Waals surface area contributed by atoms with Gasteiger partial charge in [-0.15, -0.1) is 0 Å². The van der Waals surface area contributed by atoms with E-state index in [0.29, 0.717) is 0 Å². The fraction of sp³-hybridized carbons (Fsp3) is 0.750. The van der Waals surface area contributed by atoms with Crippen LogP contribution in [-0.4, -0.2) is 5.02 Å². The van der Waals surface area contributed by atoms with Gasteiger partial charge in [0.2, 0.25) is 0 Å². The first-order valence-corrected chi connectivity index (χ1v) is 4.03. The Balaban J connectivity index is 2.18. The molecule has 0 aromatic rings. The number of rotatable bonds is 2. The highest BCUT2D eigenvalue weighted by Crippen LogP contribution is 2.27. The van der Waals surface area contributed by atoms with Crippen LogP contribution in [-0.2, 0) is 0 Å². The van der Waals surface area contributed by atoms with E-state index in [1.54, 1.807) is 0 Å². The molecule has 0 radical (unpaired) electrons. The minimum Gasteiger partial charge on any atom is -0.0530 e. The van der Waals surface area contributed by atoms with E-state index in [1.165, 1.54) is 32.1 Å². The summed E-state index contributed by atoms with van der Waals surface area (Å²) in [6.07, 6.45) is 8.84. The Morgan fingerprint density at radius 1 is 1.44 bits per heavy atom. The average Bonchev–Trinajstić information content (AvgIpc) is 2.34. The average molecular weight is 140 g/mol. The predicted molar refractivity (Wildman–Crippen MR) is 43.7 cm³/mol. The van der Waals surface area contributed by atoms with E-state index in [4.69, 9.17) is 0 Å². The molecule has 1 rings (SSSR count). The van der Waals surface area contributed by atoms with Gasteiger partial charge in [-0.1, -0.05) is 30.7 Å². The number of thiocarbonyl (C=S) groups is 1. The second-order valence-electron chi connectivity index (χ2n) is 2.71. The lowest BCUT2D eigenvalue weighted by Gasteiger charge is -2.00. The van der Waals surface area contributed by atoms with Crippen molar-refractivity contribution in [3.8, 4) is 0 Å². The van der Waals surface area contributed by atoms with Crippen LogP contribution in [0, 0.1) is 5.92 Å². The molecular weight excluding hydrogens is 128 g/mol. The molecule has 1 fully saturated rings. The summed E-state index contributed by atoms with van der Waals surface area (Å²) in [5.74, 6) is 0.931. The van der Waals surface area contributed by atoms with E-state index in [-0.39, 0.29) is 0 Å². The fourth-order valence-electron chi connectivity index (χ4n) is 1.46. The normalized spacial score (nSPS) is 19.6. The maximum atomic E-state index is 4.58. The lowest BCUT2D eigenvalue weighted by atomic mass is 10.1. The summed E-state index contributed by atoms with van der Waals surface area (Å²) in [7, 11) is 0. The van der Waals surface area contributed by atoms with Gasteiger partial charge < -0.3 is 0 Å². The van der Waals surface area contributed by atoms with Crippen molar-refractivity contribution in [1.82, 2.24) is 0 Å². The van der Waals surface area contributed by atoms with Gasteiger partial charge >= 0.3 is 0 Å². The zero-order valence-corrected chi connectivity index (χ0v) is 6.41. The van der Waals surface area contributed by atoms with Crippen LogP contribution in [0.5, 0.6) is 0 Å². The van der Waals surface area contributed by atoms with Gasteiger partial charge in [0.1, 0.15) is 0 Å². The van der Waals surface area contributed by atoms with Crippen LogP contribution in [0.3, 0.4) is 0 Å². The van der Waals surface area contributed by atoms with Gasteiger partial charge in [-0.3, -0.25) is 0 Å². The van der Waals surface area contributed by atoms with Crippen LogP contribution in [0.25, 0.3) is 0 Å². The summed E-state index contributed by atoms with van der Waals surface area (Å²) >= 11 is 4.58. The van der Waals surface area contributed by atoms with E-state index < -0.39 is 0 Å². The number of hydrogen-bond acceptors (Lipinski definition) is 1. The van der Waals surface area contributed by atoms with Gasteiger partial charge in [0.05, 0.1) is 0 Å². The molecule has 0 nitrogen and oxygen atoms in total. The molecule has 1 heteroatoms. The van der Waals surface area contributed by atoms with Crippen molar-refractivity contribution in [2.75, 3.05) is 0 Å². The van der Waals surface area contributed by atoms with E-state index in [0.717, 1.165) is 5.92 Å². The van der Waals surface area contributed by atoms with Crippen molar-refractivity contribution in [1.29, 1.82) is 0 Å². The highest BCUT2D eigenvalue weighted by molar-refractivity contribution is 7.78. The topological polar surface area (TPSA) is 0 Å². The van der Waals surface area contributed by atoms with Crippen molar-refractivity contribution < 1.29 is 0 Å². The van der Waals surface area contributed by atoms with Gasteiger partial charge in [-0.2, -0.15) is 0 Å². The van der Waals surface area contributed by atoms with E-state index in [9.17, 15) is 0 Å². The molecule has 0 aliphatic heterocycles. The van der Waals surface area contributed by atoms with Crippen LogP contribution >= 0.6 is 12.2 Å². The lowest BCUT2D eigenvalue weighted by molar-refractivity contribution is 0.560. The van der Waals surface area contributed by atoms with E-state index in [2.05, 4.69) is 17.2 Å². The van der Waals surface area contributed by atoms with Gasteiger partial charge in [-0.25, -0.2) is 0 Å². The third-order valence-electron chi connectivity index (χ3n) is 2.01. The summed E-state index contributed by atoms with van der Waals surface area (Å²) in [4.78, 5) is 0. The monoisotopic (exact) mass is 140 g/mol. The predicted octanol–water partition coefficient (Wildman–Crippen LogP) is 2.72. The Bertz CT molecular complexity index is 117. The van der Waals surface area contributed by atoms with Crippen molar-refractivity contribution in [3.05, 3.63) is 6.08 Å². The van der Waals surface area contributed by atoms with Gasteiger partial charge in [-0.05, 0) is 30.6 Å². The molecular formula is C8H12S. The first-order chi connectivity index (χ1) is 4.43. The highest BCUT2D eigenvalue weighted by atomic mass is 32.1. The molecule has 0 unspecified atom stereocenters. The second kappa shape index (κ2) is 3.81. The molecule has 0 atom stereocenters. The third-order valence-corrected chi connectivity index (χ3v) is 2.18. The largest absolute Gasteiger partial charge is 0.0530 e. The summed E-state index contributed by atoms with van der Waals surface area (Å²) in [6.45, 7) is 0. The maximum Gasteiger partial charge on any atom is -0.0237 e. The standard InChI is InChI=1S/C8H12S/c9-7-3-6-8-4-1-2-5-8/h3,8H,1-2,4-6H2. The van der Waals surface area contributed by atoms with Gasteiger partial charge in [0.25, 0.3) is 0 Å². The fourth-order valence-corrected chi connectivity index (χ4v) is 1.56. The number of allylic oxidation sites excluding steroid dienone is 1. The second-order valence-corrected chi connectivity index (χ2v) is 2.94. The minimum absolute atomic E-state index is 0.931. The molecule has 0 aromatic carbocycles. The maximum absolute atomic E-state index is 4.58. The summed E-state index contributed by atoms with van der Waals surface area (Å²) in [5.41, 5.74) is 0. The summed E-state index contributed by atoms with van der Waals surface area (Å²) < 4.78 is 0. The molecule has 1 aliphatic rings. The lowest BCUT2D eigenvalue weighted by Crippen LogP contribution is -1.88. The van der Waals surface area contributed by atoms with Crippen LogP contribution in [0.2, 0.25) is 0 Å². The molecule has 0 amide bonds. The zero-order valence-electron chi connectivity index (χ0n) is 5.60. The van der Waals surface area contributed by atoms with E-state index in [1.807, 2.05) is 6.08 Å². The zero-order chi connectivity index (χ0) is 6.53. The Hall–Kier alpha value is -0.130. The van der Waals surface area contributed by atoms with Gasteiger partial charge in [0, 0.05) is 0 Å². The van der Waals surface area contributed by atoms with Crippen molar-refractivity contribution in [2.45, 2.75) is 32.1 Å². The minimum atomic E-state index is 0.931. The Morgan fingerprint density at radius 3 is 2.67 bits per heavy atom. The van der Waals surface area contributed by atoms with Crippen LogP contribution in [0.4, 0.5) is 0 Å². The molecule has 0 N–H and O–H groups in total. The molecule has 1 aliphatic carbocycles. The SMILES string of the molecule is S=C=CCC1CCCC1. The smallest absolute Gasteiger partial charge is 0.0237 e. The Morgan fingerprint density at radius 2 is 2.11 bits per heavy atom. The molecule has 0 spiro atoms. The van der Waals surface area contributed by atoms with Crippen molar-refractivity contribution in [2.24, 2.45) is 5.92 Å². The Labute approximate surface area is 62.0 Å².